The highest BCUT2D eigenvalue weighted by Gasteiger charge is 2.63. The molecule has 6 fully saturated rings. The Morgan fingerprint density at radius 2 is 1.50 bits per heavy atom. The summed E-state index contributed by atoms with van der Waals surface area (Å²) in [6.45, 7) is 4.98. The summed E-state index contributed by atoms with van der Waals surface area (Å²) in [5, 5.41) is 3.71. The van der Waals surface area contributed by atoms with Crippen molar-refractivity contribution in [2.75, 3.05) is 0 Å². The molecule has 4 saturated carbocycles. The van der Waals surface area contributed by atoms with Crippen molar-refractivity contribution in [1.82, 2.24) is 5.32 Å². The first-order valence-corrected chi connectivity index (χ1v) is 9.68. The molecule has 0 spiro atoms. The highest BCUT2D eigenvalue weighted by molar-refractivity contribution is 5.88. The molecule has 6 aliphatic rings. The van der Waals surface area contributed by atoms with Gasteiger partial charge in [0.25, 0.3) is 0 Å². The Morgan fingerprint density at radius 1 is 0.909 bits per heavy atom. The summed E-state index contributed by atoms with van der Waals surface area (Å²) in [5.74, 6) is 1.92. The fourth-order valence-electron chi connectivity index (χ4n) is 8.43. The Morgan fingerprint density at radius 3 is 2.05 bits per heavy atom. The number of hydrogen-bond acceptors (Lipinski definition) is 2. The maximum atomic E-state index is 13.6. The number of hydrogen-bond donors (Lipinski definition) is 1. The molecule has 0 aromatic rings. The highest BCUT2D eigenvalue weighted by atomic mass is 16.1. The second-order valence-corrected chi connectivity index (χ2v) is 10.6. The summed E-state index contributed by atoms with van der Waals surface area (Å²) in [6, 6.07) is 1.29. The first-order chi connectivity index (χ1) is 10.4. The average Bonchev–Trinajstić information content (AvgIpc) is 2.72. The molecule has 0 aromatic heterocycles. The molecule has 2 nitrogen and oxygen atoms in total. The minimum absolute atomic E-state index is 0.0738. The SMILES string of the molecule is CC12CC3CC(C)(C1)CC(C(=O)C1CC4CCC(C1)N4)(C3)C2. The summed E-state index contributed by atoms with van der Waals surface area (Å²) in [4.78, 5) is 13.6. The third-order valence-corrected chi connectivity index (χ3v) is 7.99. The van der Waals surface area contributed by atoms with E-state index in [4.69, 9.17) is 0 Å². The Bertz CT molecular complexity index is 496. The first kappa shape index (κ1) is 14.0. The van der Waals surface area contributed by atoms with Crippen LogP contribution in [0.3, 0.4) is 0 Å². The Kier molecular flexibility index (Phi) is 2.66. The zero-order valence-electron chi connectivity index (χ0n) is 14.3. The van der Waals surface area contributed by atoms with E-state index < -0.39 is 0 Å². The van der Waals surface area contributed by atoms with Crippen molar-refractivity contribution in [3.63, 3.8) is 0 Å². The van der Waals surface area contributed by atoms with Crippen molar-refractivity contribution in [3.8, 4) is 0 Å². The molecule has 0 amide bonds. The molecule has 0 radical (unpaired) electrons. The number of fused-ring (bicyclic) bond motifs is 2. The topological polar surface area (TPSA) is 29.1 Å². The number of ketones is 1. The lowest BCUT2D eigenvalue weighted by molar-refractivity contribution is -0.172. The van der Waals surface area contributed by atoms with E-state index in [1.807, 2.05) is 0 Å². The van der Waals surface area contributed by atoms with Gasteiger partial charge in [0.1, 0.15) is 5.78 Å². The van der Waals surface area contributed by atoms with Crippen LogP contribution in [0.25, 0.3) is 0 Å². The fraction of sp³-hybridized carbons (Fsp3) is 0.950. The monoisotopic (exact) mass is 301 g/mol. The van der Waals surface area contributed by atoms with Crippen LogP contribution in [0.5, 0.6) is 0 Å². The van der Waals surface area contributed by atoms with Gasteiger partial charge in [0.05, 0.1) is 0 Å². The van der Waals surface area contributed by atoms with Crippen molar-refractivity contribution in [2.45, 2.75) is 90.1 Å². The average molecular weight is 301 g/mol. The van der Waals surface area contributed by atoms with Gasteiger partial charge in [0, 0.05) is 23.4 Å². The molecule has 2 saturated heterocycles. The molecule has 2 heteroatoms. The van der Waals surface area contributed by atoms with Crippen molar-refractivity contribution in [2.24, 2.45) is 28.1 Å². The Hall–Kier alpha value is -0.370. The third-order valence-electron chi connectivity index (χ3n) is 7.99. The largest absolute Gasteiger partial charge is 0.311 e. The highest BCUT2D eigenvalue weighted by Crippen LogP contribution is 2.70. The van der Waals surface area contributed by atoms with Crippen LogP contribution in [0, 0.1) is 28.1 Å². The molecule has 0 aromatic carbocycles. The normalized spacial score (nSPS) is 59.0. The minimum Gasteiger partial charge on any atom is -0.311 e. The number of rotatable bonds is 2. The van der Waals surface area contributed by atoms with Crippen molar-refractivity contribution >= 4 is 5.78 Å². The summed E-state index contributed by atoms with van der Waals surface area (Å²) in [6.07, 6.45) is 12.7. The molecular weight excluding hydrogens is 270 g/mol. The number of carbonyl (C=O) groups excluding carboxylic acids is 1. The minimum atomic E-state index is 0.0738. The number of carbonyl (C=O) groups is 1. The van der Waals surface area contributed by atoms with Crippen LogP contribution >= 0.6 is 0 Å². The Balaban J connectivity index is 1.45. The molecule has 6 bridgehead atoms. The lowest BCUT2D eigenvalue weighted by Crippen LogP contribution is -2.59. The van der Waals surface area contributed by atoms with E-state index in [0.717, 1.165) is 18.8 Å². The molecule has 6 rings (SSSR count). The van der Waals surface area contributed by atoms with Crippen LogP contribution in [0.15, 0.2) is 0 Å². The Labute approximate surface area is 134 Å². The van der Waals surface area contributed by atoms with Gasteiger partial charge in [-0.25, -0.2) is 0 Å². The maximum absolute atomic E-state index is 13.6. The van der Waals surface area contributed by atoms with Crippen LogP contribution in [0.4, 0.5) is 0 Å². The fourth-order valence-corrected chi connectivity index (χ4v) is 8.43. The van der Waals surface area contributed by atoms with Gasteiger partial charge < -0.3 is 5.32 Å². The van der Waals surface area contributed by atoms with Gasteiger partial charge >= 0.3 is 0 Å². The van der Waals surface area contributed by atoms with Crippen molar-refractivity contribution in [3.05, 3.63) is 0 Å². The van der Waals surface area contributed by atoms with Gasteiger partial charge in [-0.1, -0.05) is 13.8 Å². The molecule has 122 valence electrons. The van der Waals surface area contributed by atoms with E-state index >= 15 is 0 Å². The summed E-state index contributed by atoms with van der Waals surface area (Å²) in [7, 11) is 0. The summed E-state index contributed by atoms with van der Waals surface area (Å²) in [5.41, 5.74) is 1.01. The maximum Gasteiger partial charge on any atom is 0.142 e. The van der Waals surface area contributed by atoms with Crippen LogP contribution in [0.1, 0.15) is 78.1 Å². The van der Waals surface area contributed by atoms with E-state index in [2.05, 4.69) is 19.2 Å². The molecule has 4 atom stereocenters. The standard InChI is InChI=1S/C20H31NO/c1-18-7-13-8-19(2,10-18)12-20(9-13,11-18)17(22)14-5-15-3-4-16(6-14)21-15/h13-16,21H,3-12H2,1-2H3. The van der Waals surface area contributed by atoms with Crippen LogP contribution in [-0.2, 0) is 4.79 Å². The van der Waals surface area contributed by atoms with E-state index in [9.17, 15) is 4.79 Å². The van der Waals surface area contributed by atoms with Gasteiger partial charge in [0.15, 0.2) is 0 Å². The molecule has 4 unspecified atom stereocenters. The number of piperidine rings is 1. The molecule has 22 heavy (non-hydrogen) atoms. The van der Waals surface area contributed by atoms with Crippen LogP contribution < -0.4 is 5.32 Å². The molecule has 2 aliphatic heterocycles. The second kappa shape index (κ2) is 4.18. The molecule has 4 aliphatic carbocycles. The molecular formula is C20H31NO. The number of nitrogens with one attached hydrogen (secondary N) is 1. The predicted octanol–water partition coefficient (Wildman–Crippen LogP) is 4.08. The smallest absolute Gasteiger partial charge is 0.142 e. The first-order valence-electron chi connectivity index (χ1n) is 9.68. The summed E-state index contributed by atoms with van der Waals surface area (Å²) >= 11 is 0. The zero-order valence-corrected chi connectivity index (χ0v) is 14.3. The lowest BCUT2D eigenvalue weighted by Gasteiger charge is -2.65. The zero-order chi connectivity index (χ0) is 15.2. The van der Waals surface area contributed by atoms with Crippen molar-refractivity contribution in [1.29, 1.82) is 0 Å². The second-order valence-electron chi connectivity index (χ2n) is 10.6. The quantitative estimate of drug-likeness (QED) is 0.832. The lowest BCUT2D eigenvalue weighted by atomic mass is 9.39. The van der Waals surface area contributed by atoms with E-state index in [1.165, 1.54) is 51.4 Å². The van der Waals surface area contributed by atoms with Gasteiger partial charge in [-0.15, -0.1) is 0 Å². The molecule has 1 N–H and O–H groups in total. The van der Waals surface area contributed by atoms with Gasteiger partial charge in [0.2, 0.25) is 0 Å². The van der Waals surface area contributed by atoms with Crippen LogP contribution in [0.2, 0.25) is 0 Å². The predicted molar refractivity (Wildman–Crippen MR) is 87.5 cm³/mol. The van der Waals surface area contributed by atoms with Gasteiger partial charge in [-0.05, 0) is 81.0 Å². The van der Waals surface area contributed by atoms with E-state index in [1.54, 1.807) is 0 Å². The third kappa shape index (κ3) is 1.92. The van der Waals surface area contributed by atoms with Gasteiger partial charge in [-0.2, -0.15) is 0 Å². The van der Waals surface area contributed by atoms with Crippen molar-refractivity contribution < 1.29 is 4.79 Å². The summed E-state index contributed by atoms with van der Waals surface area (Å²) < 4.78 is 0. The molecule has 2 heterocycles. The van der Waals surface area contributed by atoms with Gasteiger partial charge in [-0.3, -0.25) is 4.79 Å². The van der Waals surface area contributed by atoms with Crippen LogP contribution in [-0.4, -0.2) is 17.9 Å². The number of Topliss-reactive ketones (excluding diaryl/α,β-unsaturated/α-hetero) is 1. The van der Waals surface area contributed by atoms with E-state index in [0.29, 0.717) is 34.6 Å². The van der Waals surface area contributed by atoms with E-state index in [-0.39, 0.29) is 5.41 Å².